The van der Waals surface area contributed by atoms with E-state index in [9.17, 15) is 9.90 Å². The zero-order valence-corrected chi connectivity index (χ0v) is 15.7. The van der Waals surface area contributed by atoms with Gasteiger partial charge in [-0.3, -0.25) is 4.79 Å². The summed E-state index contributed by atoms with van der Waals surface area (Å²) in [6.45, 7) is 6.11. The van der Waals surface area contributed by atoms with E-state index >= 15 is 0 Å². The highest BCUT2D eigenvalue weighted by molar-refractivity contribution is 6.08. The van der Waals surface area contributed by atoms with Crippen molar-refractivity contribution in [2.45, 2.75) is 13.3 Å². The Hall–Kier alpha value is -2.79. The molecule has 1 aliphatic heterocycles. The summed E-state index contributed by atoms with van der Waals surface area (Å²) in [5.74, 6) is 0.517. The van der Waals surface area contributed by atoms with E-state index in [2.05, 4.69) is 22.9 Å². The molecule has 0 saturated carbocycles. The SMILES string of the molecule is CCc1cccc2c(C(=O)C[NH+]3CCN(c4ccccc4O)CC3)c[nH]c12. The monoisotopic (exact) mass is 364 g/mol. The van der Waals surface area contributed by atoms with Gasteiger partial charge in [-0.25, -0.2) is 0 Å². The Balaban J connectivity index is 1.42. The van der Waals surface area contributed by atoms with Gasteiger partial charge in [0.1, 0.15) is 12.3 Å². The van der Waals surface area contributed by atoms with Crippen molar-refractivity contribution in [3.05, 3.63) is 59.8 Å². The fourth-order valence-electron chi connectivity index (χ4n) is 4.04. The van der Waals surface area contributed by atoms with Crippen LogP contribution in [-0.2, 0) is 6.42 Å². The van der Waals surface area contributed by atoms with Gasteiger partial charge >= 0.3 is 0 Å². The Morgan fingerprint density at radius 2 is 1.93 bits per heavy atom. The first-order chi connectivity index (χ1) is 13.2. The molecular formula is C22H26N3O2+. The van der Waals surface area contributed by atoms with Crippen molar-refractivity contribution in [2.24, 2.45) is 0 Å². The molecule has 0 radical (unpaired) electrons. The number of aromatic amines is 1. The quantitative estimate of drug-likeness (QED) is 0.607. The number of anilines is 1. The smallest absolute Gasteiger partial charge is 0.219 e. The molecule has 0 atom stereocenters. The van der Waals surface area contributed by atoms with Crippen LogP contribution in [0.1, 0.15) is 22.8 Å². The number of phenolic OH excluding ortho intramolecular Hbond substituents is 1. The topological polar surface area (TPSA) is 60.8 Å². The van der Waals surface area contributed by atoms with Gasteiger partial charge in [0.05, 0.1) is 31.9 Å². The van der Waals surface area contributed by atoms with Crippen LogP contribution in [0.2, 0.25) is 0 Å². The van der Waals surface area contributed by atoms with Crippen molar-refractivity contribution in [2.75, 3.05) is 37.6 Å². The van der Waals surface area contributed by atoms with Crippen molar-refractivity contribution in [1.82, 2.24) is 4.98 Å². The van der Waals surface area contributed by atoms with E-state index in [0.717, 1.165) is 54.8 Å². The predicted molar refractivity (Wildman–Crippen MR) is 108 cm³/mol. The lowest BCUT2D eigenvalue weighted by molar-refractivity contribution is -0.892. The summed E-state index contributed by atoms with van der Waals surface area (Å²) in [4.78, 5) is 19.7. The third-order valence-corrected chi connectivity index (χ3v) is 5.59. The van der Waals surface area contributed by atoms with Crippen LogP contribution < -0.4 is 9.80 Å². The third-order valence-electron chi connectivity index (χ3n) is 5.59. The number of carbonyl (C=O) groups excluding carboxylic acids is 1. The number of aryl methyl sites for hydroxylation is 1. The van der Waals surface area contributed by atoms with E-state index in [1.54, 1.807) is 6.07 Å². The number of aromatic nitrogens is 1. The lowest BCUT2D eigenvalue weighted by Gasteiger charge is -2.33. The fourth-order valence-corrected chi connectivity index (χ4v) is 4.04. The zero-order valence-electron chi connectivity index (χ0n) is 15.7. The lowest BCUT2D eigenvalue weighted by Crippen LogP contribution is -3.15. The maximum atomic E-state index is 12.9. The largest absolute Gasteiger partial charge is 0.506 e. The molecule has 5 nitrogen and oxygen atoms in total. The van der Waals surface area contributed by atoms with Crippen LogP contribution in [0, 0.1) is 0 Å². The standard InChI is InChI=1S/C22H25N3O2/c1-2-16-6-5-7-17-18(14-23-22(16)17)21(27)15-24-10-12-25(13-11-24)19-8-3-4-9-20(19)26/h3-9,14,23,26H,2,10-13,15H2,1H3/p+1. The molecule has 3 aromatic rings. The number of Topliss-reactive ketones (excluding diaryl/α,β-unsaturated/α-hetero) is 1. The van der Waals surface area contributed by atoms with Crippen molar-refractivity contribution in [1.29, 1.82) is 0 Å². The number of rotatable bonds is 5. The molecule has 0 amide bonds. The number of para-hydroxylation sites is 3. The Morgan fingerprint density at radius 3 is 2.67 bits per heavy atom. The van der Waals surface area contributed by atoms with E-state index < -0.39 is 0 Å². The number of aromatic hydroxyl groups is 1. The molecule has 1 saturated heterocycles. The molecule has 1 fully saturated rings. The molecule has 2 aromatic carbocycles. The lowest BCUT2D eigenvalue weighted by atomic mass is 10.0. The number of phenols is 1. The minimum absolute atomic E-state index is 0.195. The summed E-state index contributed by atoms with van der Waals surface area (Å²) in [6, 6.07) is 13.6. The van der Waals surface area contributed by atoms with Crippen molar-refractivity contribution >= 4 is 22.4 Å². The number of nitrogens with one attached hydrogen (secondary N) is 2. The number of hydrogen-bond donors (Lipinski definition) is 3. The molecule has 2 heterocycles. The number of hydrogen-bond acceptors (Lipinski definition) is 3. The first kappa shape index (κ1) is 17.6. The van der Waals surface area contributed by atoms with Gasteiger partial charge in [0.2, 0.25) is 5.78 Å². The van der Waals surface area contributed by atoms with E-state index in [-0.39, 0.29) is 5.78 Å². The maximum absolute atomic E-state index is 12.9. The second kappa shape index (κ2) is 7.45. The molecule has 0 unspecified atom stereocenters. The van der Waals surface area contributed by atoms with Crippen LogP contribution in [0.3, 0.4) is 0 Å². The van der Waals surface area contributed by atoms with Crippen LogP contribution in [0.5, 0.6) is 5.75 Å². The van der Waals surface area contributed by atoms with Gasteiger partial charge in [0, 0.05) is 22.7 Å². The number of H-pyrrole nitrogens is 1. The molecule has 4 rings (SSSR count). The van der Waals surface area contributed by atoms with E-state index in [4.69, 9.17) is 0 Å². The number of nitrogens with zero attached hydrogens (tertiary/aromatic N) is 1. The number of quaternary nitrogens is 1. The average Bonchev–Trinajstić information content (AvgIpc) is 3.13. The van der Waals surface area contributed by atoms with E-state index in [1.807, 2.05) is 36.5 Å². The van der Waals surface area contributed by atoms with E-state index in [0.29, 0.717) is 12.3 Å². The van der Waals surface area contributed by atoms with Crippen LogP contribution >= 0.6 is 0 Å². The molecule has 140 valence electrons. The first-order valence-corrected chi connectivity index (χ1v) is 9.66. The second-order valence-corrected chi connectivity index (χ2v) is 7.22. The normalized spacial score (nSPS) is 15.4. The minimum atomic E-state index is 0.195. The molecule has 1 aliphatic rings. The molecule has 0 spiro atoms. The van der Waals surface area contributed by atoms with Gasteiger partial charge in [0.15, 0.2) is 0 Å². The van der Waals surface area contributed by atoms with Gasteiger partial charge in [-0.1, -0.05) is 37.3 Å². The second-order valence-electron chi connectivity index (χ2n) is 7.22. The highest BCUT2D eigenvalue weighted by atomic mass is 16.3. The fraction of sp³-hybridized carbons (Fsp3) is 0.318. The highest BCUT2D eigenvalue weighted by Gasteiger charge is 2.25. The Kier molecular flexibility index (Phi) is 4.86. The maximum Gasteiger partial charge on any atom is 0.219 e. The van der Waals surface area contributed by atoms with Crippen molar-refractivity contribution in [3.63, 3.8) is 0 Å². The van der Waals surface area contributed by atoms with Crippen LogP contribution in [0.15, 0.2) is 48.7 Å². The predicted octanol–water partition coefficient (Wildman–Crippen LogP) is 2.02. The van der Waals surface area contributed by atoms with E-state index in [1.165, 1.54) is 10.5 Å². The summed E-state index contributed by atoms with van der Waals surface area (Å²) in [5.41, 5.74) is 4.01. The summed E-state index contributed by atoms with van der Waals surface area (Å²) in [6.07, 6.45) is 2.81. The van der Waals surface area contributed by atoms with Gasteiger partial charge < -0.3 is 19.9 Å². The molecule has 3 N–H and O–H groups in total. The number of ketones is 1. The van der Waals surface area contributed by atoms with Crippen molar-refractivity contribution in [3.8, 4) is 5.75 Å². The zero-order chi connectivity index (χ0) is 18.8. The number of fused-ring (bicyclic) bond motifs is 1. The van der Waals surface area contributed by atoms with Crippen LogP contribution in [0.4, 0.5) is 5.69 Å². The third kappa shape index (κ3) is 3.43. The molecule has 27 heavy (non-hydrogen) atoms. The molecule has 0 bridgehead atoms. The van der Waals surface area contributed by atoms with Crippen molar-refractivity contribution < 1.29 is 14.8 Å². The molecular weight excluding hydrogens is 338 g/mol. The number of carbonyl (C=O) groups is 1. The Bertz CT molecular complexity index is 955. The first-order valence-electron chi connectivity index (χ1n) is 9.66. The van der Waals surface area contributed by atoms with Crippen LogP contribution in [0.25, 0.3) is 10.9 Å². The highest BCUT2D eigenvalue weighted by Crippen LogP contribution is 2.26. The summed E-state index contributed by atoms with van der Waals surface area (Å²) in [7, 11) is 0. The average molecular weight is 364 g/mol. The van der Waals surface area contributed by atoms with Gasteiger partial charge in [-0.2, -0.15) is 0 Å². The van der Waals surface area contributed by atoms with Gasteiger partial charge in [0.25, 0.3) is 0 Å². The molecule has 1 aromatic heterocycles. The van der Waals surface area contributed by atoms with Crippen LogP contribution in [-0.4, -0.2) is 48.6 Å². The summed E-state index contributed by atoms with van der Waals surface area (Å²) < 4.78 is 0. The Labute approximate surface area is 159 Å². The molecule has 5 heteroatoms. The number of benzene rings is 2. The minimum Gasteiger partial charge on any atom is -0.506 e. The van der Waals surface area contributed by atoms with Gasteiger partial charge in [-0.05, 0) is 24.1 Å². The van der Waals surface area contributed by atoms with Gasteiger partial charge in [-0.15, -0.1) is 0 Å². The summed E-state index contributed by atoms with van der Waals surface area (Å²) in [5, 5.41) is 11.1. The molecule has 0 aliphatic carbocycles. The number of piperazine rings is 1. The summed E-state index contributed by atoms with van der Waals surface area (Å²) >= 11 is 0. The Morgan fingerprint density at radius 1 is 1.15 bits per heavy atom.